The van der Waals surface area contributed by atoms with E-state index in [1.165, 1.54) is 18.2 Å². The first kappa shape index (κ1) is 23.3. The second kappa shape index (κ2) is 10.8. The molecule has 4 rings (SSSR count). The molecule has 1 heterocycles. The van der Waals surface area contributed by atoms with Crippen LogP contribution in [-0.2, 0) is 14.3 Å². The summed E-state index contributed by atoms with van der Waals surface area (Å²) in [6, 6.07) is 25.8. The van der Waals surface area contributed by atoms with Crippen LogP contribution in [0, 0.1) is 17.1 Å². The molecule has 8 heteroatoms. The van der Waals surface area contributed by atoms with E-state index < -0.39 is 30.9 Å². The standard InChI is InChI=1S/C27H19FN2O5/c28-20-12-7-13-21(14-20)33-17-24(32)34-16-23(31)30-27-22(15-29)25(18-8-3-1-4-9-18)26(35-27)19-10-5-2-6-11-19/h1-14H,16-17H2,(H,30,31). The van der Waals surface area contributed by atoms with Crippen LogP contribution in [0.15, 0.2) is 89.3 Å². The van der Waals surface area contributed by atoms with Crippen LogP contribution in [-0.4, -0.2) is 25.1 Å². The van der Waals surface area contributed by atoms with Crippen molar-refractivity contribution in [2.45, 2.75) is 0 Å². The first-order chi connectivity index (χ1) is 17.0. The van der Waals surface area contributed by atoms with E-state index in [0.717, 1.165) is 17.2 Å². The van der Waals surface area contributed by atoms with Gasteiger partial charge in [-0.1, -0.05) is 66.7 Å². The van der Waals surface area contributed by atoms with E-state index in [0.29, 0.717) is 11.3 Å². The van der Waals surface area contributed by atoms with E-state index in [1.807, 2.05) is 60.7 Å². The third kappa shape index (κ3) is 5.72. The quantitative estimate of drug-likeness (QED) is 0.356. The summed E-state index contributed by atoms with van der Waals surface area (Å²) in [4.78, 5) is 24.4. The van der Waals surface area contributed by atoms with Crippen molar-refractivity contribution in [3.63, 3.8) is 0 Å². The summed E-state index contributed by atoms with van der Waals surface area (Å²) in [5.74, 6) is -1.51. The average Bonchev–Trinajstić information content (AvgIpc) is 3.25. The fourth-order valence-electron chi connectivity index (χ4n) is 3.35. The van der Waals surface area contributed by atoms with Gasteiger partial charge in [-0.3, -0.25) is 10.1 Å². The lowest BCUT2D eigenvalue weighted by atomic mass is 9.98. The van der Waals surface area contributed by atoms with Gasteiger partial charge in [-0.15, -0.1) is 0 Å². The molecule has 0 aliphatic heterocycles. The highest BCUT2D eigenvalue weighted by molar-refractivity contribution is 5.96. The molecule has 0 aliphatic carbocycles. The molecule has 174 valence electrons. The molecule has 3 aromatic carbocycles. The van der Waals surface area contributed by atoms with Gasteiger partial charge < -0.3 is 13.9 Å². The molecule has 1 amide bonds. The highest BCUT2D eigenvalue weighted by atomic mass is 19.1. The predicted octanol–water partition coefficient (Wildman–Crippen LogP) is 5.19. The van der Waals surface area contributed by atoms with E-state index in [-0.39, 0.29) is 17.2 Å². The van der Waals surface area contributed by atoms with E-state index in [1.54, 1.807) is 0 Å². The summed E-state index contributed by atoms with van der Waals surface area (Å²) >= 11 is 0. The lowest BCUT2D eigenvalue weighted by molar-refractivity contribution is -0.149. The SMILES string of the molecule is N#Cc1c(NC(=O)COC(=O)COc2cccc(F)c2)oc(-c2ccccc2)c1-c1ccccc1. The van der Waals surface area contributed by atoms with Crippen LogP contribution in [0.5, 0.6) is 5.75 Å². The van der Waals surface area contributed by atoms with Crippen molar-refractivity contribution in [2.75, 3.05) is 18.5 Å². The van der Waals surface area contributed by atoms with Crippen molar-refractivity contribution >= 4 is 17.8 Å². The number of rotatable bonds is 8. The van der Waals surface area contributed by atoms with Crippen molar-refractivity contribution in [1.29, 1.82) is 5.26 Å². The Morgan fingerprint density at radius 2 is 1.60 bits per heavy atom. The first-order valence-electron chi connectivity index (χ1n) is 10.6. The molecule has 0 atom stereocenters. The van der Waals surface area contributed by atoms with Crippen LogP contribution in [0.25, 0.3) is 22.5 Å². The van der Waals surface area contributed by atoms with Gasteiger partial charge in [0.25, 0.3) is 5.91 Å². The Balaban J connectivity index is 1.48. The number of carbonyl (C=O) groups is 2. The molecule has 1 aromatic heterocycles. The molecule has 0 bridgehead atoms. The summed E-state index contributed by atoms with van der Waals surface area (Å²) in [5, 5.41) is 12.4. The van der Waals surface area contributed by atoms with Gasteiger partial charge in [-0.2, -0.15) is 5.26 Å². The van der Waals surface area contributed by atoms with Crippen LogP contribution >= 0.6 is 0 Å². The third-order valence-electron chi connectivity index (χ3n) is 4.89. The second-order valence-electron chi connectivity index (χ2n) is 7.31. The van der Waals surface area contributed by atoms with Crippen LogP contribution in [0.1, 0.15) is 5.56 Å². The van der Waals surface area contributed by atoms with Crippen molar-refractivity contribution in [3.8, 4) is 34.3 Å². The molecule has 4 aromatic rings. The number of hydrogen-bond acceptors (Lipinski definition) is 6. The largest absolute Gasteiger partial charge is 0.482 e. The molecule has 0 unspecified atom stereocenters. The fourth-order valence-corrected chi connectivity index (χ4v) is 3.35. The van der Waals surface area contributed by atoms with Crippen LogP contribution in [0.3, 0.4) is 0 Å². The second-order valence-corrected chi connectivity index (χ2v) is 7.31. The lowest BCUT2D eigenvalue weighted by Gasteiger charge is -2.07. The maximum absolute atomic E-state index is 13.2. The number of halogens is 1. The summed E-state index contributed by atoms with van der Waals surface area (Å²) < 4.78 is 29.2. The van der Waals surface area contributed by atoms with E-state index in [2.05, 4.69) is 11.4 Å². The van der Waals surface area contributed by atoms with Crippen molar-refractivity contribution in [1.82, 2.24) is 0 Å². The third-order valence-corrected chi connectivity index (χ3v) is 4.89. The van der Waals surface area contributed by atoms with Gasteiger partial charge >= 0.3 is 5.97 Å². The van der Waals surface area contributed by atoms with E-state index in [9.17, 15) is 19.2 Å². The minimum absolute atomic E-state index is 0.0535. The van der Waals surface area contributed by atoms with Gasteiger partial charge in [-0.05, 0) is 17.7 Å². The van der Waals surface area contributed by atoms with Gasteiger partial charge in [0.05, 0.1) is 0 Å². The molecule has 0 saturated carbocycles. The summed E-state index contributed by atoms with van der Waals surface area (Å²) in [5.41, 5.74) is 2.15. The molecule has 0 aliphatic rings. The van der Waals surface area contributed by atoms with Crippen molar-refractivity contribution < 1.29 is 27.9 Å². The summed E-state index contributed by atoms with van der Waals surface area (Å²) in [6.45, 7) is -1.13. The Hall–Kier alpha value is -4.90. The highest BCUT2D eigenvalue weighted by Gasteiger charge is 2.24. The number of amides is 1. The number of benzene rings is 3. The Bertz CT molecular complexity index is 1380. The minimum atomic E-state index is -0.820. The van der Waals surface area contributed by atoms with E-state index in [4.69, 9.17) is 13.9 Å². The van der Waals surface area contributed by atoms with Crippen molar-refractivity contribution in [2.24, 2.45) is 0 Å². The van der Waals surface area contributed by atoms with Gasteiger partial charge in [0.15, 0.2) is 13.2 Å². The first-order valence-corrected chi connectivity index (χ1v) is 10.6. The Morgan fingerprint density at radius 3 is 2.26 bits per heavy atom. The molecular formula is C27H19FN2O5. The zero-order valence-corrected chi connectivity index (χ0v) is 18.4. The molecule has 35 heavy (non-hydrogen) atoms. The summed E-state index contributed by atoms with van der Waals surface area (Å²) in [7, 11) is 0. The van der Waals surface area contributed by atoms with Crippen LogP contribution in [0.2, 0.25) is 0 Å². The molecule has 1 N–H and O–H groups in total. The lowest BCUT2D eigenvalue weighted by Crippen LogP contribution is -2.23. The maximum atomic E-state index is 13.2. The Kier molecular flexibility index (Phi) is 7.19. The Labute approximate surface area is 200 Å². The number of esters is 1. The Morgan fingerprint density at radius 1 is 0.914 bits per heavy atom. The van der Waals surface area contributed by atoms with Gasteiger partial charge in [-0.25, -0.2) is 9.18 Å². The summed E-state index contributed by atoms with van der Waals surface area (Å²) in [6.07, 6.45) is 0. The molecule has 0 saturated heterocycles. The molecule has 7 nitrogen and oxygen atoms in total. The number of anilines is 1. The van der Waals surface area contributed by atoms with Crippen LogP contribution < -0.4 is 10.1 Å². The molecule has 0 fully saturated rings. The van der Waals surface area contributed by atoms with Gasteiger partial charge in [0.1, 0.15) is 29.0 Å². The smallest absolute Gasteiger partial charge is 0.344 e. The molecular weight excluding hydrogens is 451 g/mol. The maximum Gasteiger partial charge on any atom is 0.344 e. The normalized spacial score (nSPS) is 10.3. The number of nitrogens with one attached hydrogen (secondary N) is 1. The fraction of sp³-hybridized carbons (Fsp3) is 0.0741. The monoisotopic (exact) mass is 470 g/mol. The van der Waals surface area contributed by atoms with Gasteiger partial charge in [0.2, 0.25) is 5.88 Å². The topological polar surface area (TPSA) is 102 Å². The molecule has 0 radical (unpaired) electrons. The minimum Gasteiger partial charge on any atom is -0.482 e. The number of ether oxygens (including phenoxy) is 2. The average molecular weight is 470 g/mol. The highest BCUT2D eigenvalue weighted by Crippen LogP contribution is 2.41. The predicted molar refractivity (Wildman–Crippen MR) is 126 cm³/mol. The van der Waals surface area contributed by atoms with Gasteiger partial charge in [0, 0.05) is 17.2 Å². The number of hydrogen-bond donors (Lipinski definition) is 1. The zero-order valence-electron chi connectivity index (χ0n) is 18.4. The number of carbonyl (C=O) groups excluding carboxylic acids is 2. The molecule has 0 spiro atoms. The number of nitrogens with zero attached hydrogens (tertiary/aromatic N) is 1. The zero-order chi connectivity index (χ0) is 24.6. The van der Waals surface area contributed by atoms with Crippen molar-refractivity contribution in [3.05, 3.63) is 96.3 Å². The van der Waals surface area contributed by atoms with Crippen LogP contribution in [0.4, 0.5) is 10.3 Å². The van der Waals surface area contributed by atoms with E-state index >= 15 is 0 Å². The number of nitriles is 1. The number of furan rings is 1.